The number of nitrogens with one attached hydrogen (secondary N) is 2. The van der Waals surface area contributed by atoms with Crippen LogP contribution in [0.3, 0.4) is 0 Å². The second-order valence-corrected chi connectivity index (χ2v) is 5.30. The zero-order chi connectivity index (χ0) is 13.8. The minimum absolute atomic E-state index is 0.465. The molecule has 0 saturated heterocycles. The zero-order valence-corrected chi connectivity index (χ0v) is 10.9. The summed E-state index contributed by atoms with van der Waals surface area (Å²) in [6.07, 6.45) is 8.83. The van der Waals surface area contributed by atoms with Gasteiger partial charge in [-0.05, 0) is 26.7 Å². The van der Waals surface area contributed by atoms with Crippen LogP contribution in [-0.2, 0) is 4.79 Å². The molecule has 1 fully saturated rings. The lowest BCUT2D eigenvalue weighted by atomic mass is 9.82. The van der Waals surface area contributed by atoms with Crippen molar-refractivity contribution in [2.45, 2.75) is 57.0 Å². The van der Waals surface area contributed by atoms with Crippen molar-refractivity contribution in [1.82, 2.24) is 10.6 Å². The first-order valence-corrected chi connectivity index (χ1v) is 6.13. The van der Waals surface area contributed by atoms with Crippen LogP contribution in [0.5, 0.6) is 0 Å². The molecule has 0 aromatic carbocycles. The van der Waals surface area contributed by atoms with E-state index in [9.17, 15) is 14.7 Å². The quantitative estimate of drug-likeness (QED) is 0.666. The number of terminal acetylenes is 1. The highest BCUT2D eigenvalue weighted by molar-refractivity contribution is 5.86. The first-order chi connectivity index (χ1) is 8.31. The van der Waals surface area contributed by atoms with Crippen LogP contribution in [0.4, 0.5) is 4.79 Å². The number of aliphatic carboxylic acids is 1. The Kier molecular flexibility index (Phi) is 4.23. The van der Waals surface area contributed by atoms with Crippen LogP contribution < -0.4 is 10.6 Å². The Morgan fingerprint density at radius 3 is 2.28 bits per heavy atom. The van der Waals surface area contributed by atoms with Crippen LogP contribution in [0.2, 0.25) is 0 Å². The predicted molar refractivity (Wildman–Crippen MR) is 68.0 cm³/mol. The lowest BCUT2D eigenvalue weighted by Gasteiger charge is -2.34. The molecule has 0 radical (unpaired) electrons. The van der Waals surface area contributed by atoms with Gasteiger partial charge in [-0.2, -0.15) is 0 Å². The highest BCUT2D eigenvalue weighted by Crippen LogP contribution is 2.28. The van der Waals surface area contributed by atoms with E-state index in [0.29, 0.717) is 12.8 Å². The van der Waals surface area contributed by atoms with Gasteiger partial charge in [0, 0.05) is 0 Å². The highest BCUT2D eigenvalue weighted by Gasteiger charge is 2.41. The summed E-state index contributed by atoms with van der Waals surface area (Å²) < 4.78 is 0. The molecule has 5 heteroatoms. The second-order valence-electron chi connectivity index (χ2n) is 5.30. The molecule has 0 spiro atoms. The molecule has 0 unspecified atom stereocenters. The van der Waals surface area contributed by atoms with Crippen LogP contribution in [0.15, 0.2) is 0 Å². The smallest absolute Gasteiger partial charge is 0.329 e. The fourth-order valence-corrected chi connectivity index (χ4v) is 2.12. The van der Waals surface area contributed by atoms with Gasteiger partial charge in [0.15, 0.2) is 0 Å². The van der Waals surface area contributed by atoms with E-state index in [1.54, 1.807) is 13.8 Å². The third kappa shape index (κ3) is 3.39. The van der Waals surface area contributed by atoms with Crippen molar-refractivity contribution in [3.05, 3.63) is 0 Å². The molecule has 0 bridgehead atoms. The van der Waals surface area contributed by atoms with Crippen LogP contribution in [0, 0.1) is 12.3 Å². The van der Waals surface area contributed by atoms with Crippen LogP contribution in [0.1, 0.15) is 46.0 Å². The Hall–Kier alpha value is -1.70. The van der Waals surface area contributed by atoms with Gasteiger partial charge in [0.25, 0.3) is 0 Å². The third-order valence-corrected chi connectivity index (χ3v) is 3.26. The van der Waals surface area contributed by atoms with Crippen molar-refractivity contribution in [1.29, 1.82) is 0 Å². The number of carboxylic acid groups (broad SMARTS) is 1. The van der Waals surface area contributed by atoms with E-state index in [2.05, 4.69) is 16.6 Å². The molecule has 0 aromatic heterocycles. The molecular weight excluding hydrogens is 232 g/mol. The van der Waals surface area contributed by atoms with Crippen LogP contribution >= 0.6 is 0 Å². The maximum atomic E-state index is 11.8. The number of urea groups is 1. The Morgan fingerprint density at radius 2 is 1.83 bits per heavy atom. The molecule has 5 nitrogen and oxygen atoms in total. The van der Waals surface area contributed by atoms with Crippen molar-refractivity contribution < 1.29 is 14.7 Å². The molecule has 0 heterocycles. The number of rotatable bonds is 3. The number of carbonyl (C=O) groups excluding carboxylic acids is 1. The topological polar surface area (TPSA) is 78.4 Å². The number of hydrogen-bond acceptors (Lipinski definition) is 2. The van der Waals surface area contributed by atoms with Crippen LogP contribution in [-0.4, -0.2) is 28.2 Å². The normalized spacial score (nSPS) is 18.5. The monoisotopic (exact) mass is 252 g/mol. The summed E-state index contributed by atoms with van der Waals surface area (Å²) in [4.78, 5) is 23.2. The summed E-state index contributed by atoms with van der Waals surface area (Å²) >= 11 is 0. The average Bonchev–Trinajstić information content (AvgIpc) is 2.29. The number of hydrogen-bond donors (Lipinski definition) is 3. The Labute approximate surface area is 107 Å². The molecule has 2 amide bonds. The van der Waals surface area contributed by atoms with Gasteiger partial charge in [0.1, 0.15) is 5.54 Å². The number of carboxylic acids is 1. The third-order valence-electron chi connectivity index (χ3n) is 3.26. The average molecular weight is 252 g/mol. The SMILES string of the molecule is C#CC(C)(C)NC(=O)NC1(C(=O)O)CCCCC1. The lowest BCUT2D eigenvalue weighted by Crippen LogP contribution is -2.60. The summed E-state index contributed by atoms with van der Waals surface area (Å²) in [6.45, 7) is 3.36. The van der Waals surface area contributed by atoms with Crippen molar-refractivity contribution in [3.8, 4) is 12.3 Å². The molecule has 0 aliphatic heterocycles. The predicted octanol–water partition coefficient (Wildman–Crippen LogP) is 1.48. The van der Waals surface area contributed by atoms with Gasteiger partial charge < -0.3 is 15.7 Å². The summed E-state index contributed by atoms with van der Waals surface area (Å²) in [6, 6.07) is -0.526. The van der Waals surface area contributed by atoms with Crippen molar-refractivity contribution >= 4 is 12.0 Å². The molecule has 3 N–H and O–H groups in total. The molecule has 1 aliphatic rings. The molecular formula is C13H20N2O3. The lowest BCUT2D eigenvalue weighted by molar-refractivity contribution is -0.145. The van der Waals surface area contributed by atoms with Gasteiger partial charge in [-0.1, -0.05) is 25.2 Å². The molecule has 1 rings (SSSR count). The van der Waals surface area contributed by atoms with E-state index in [1.807, 2.05) is 0 Å². The van der Waals surface area contributed by atoms with E-state index in [4.69, 9.17) is 6.42 Å². The largest absolute Gasteiger partial charge is 0.480 e. The number of carbonyl (C=O) groups is 2. The Balaban J connectivity index is 2.71. The fraction of sp³-hybridized carbons (Fsp3) is 0.692. The van der Waals surface area contributed by atoms with Gasteiger partial charge in [-0.25, -0.2) is 9.59 Å². The molecule has 1 aliphatic carbocycles. The minimum Gasteiger partial charge on any atom is -0.480 e. The maximum Gasteiger partial charge on any atom is 0.329 e. The summed E-state index contributed by atoms with van der Waals surface area (Å²) in [7, 11) is 0. The first kappa shape index (κ1) is 14.4. The van der Waals surface area contributed by atoms with E-state index in [0.717, 1.165) is 19.3 Å². The highest BCUT2D eigenvalue weighted by atomic mass is 16.4. The molecule has 0 aromatic rings. The van der Waals surface area contributed by atoms with Crippen molar-refractivity contribution in [2.75, 3.05) is 0 Å². The first-order valence-electron chi connectivity index (χ1n) is 6.13. The minimum atomic E-state index is -1.15. The van der Waals surface area contributed by atoms with E-state index >= 15 is 0 Å². The summed E-state index contributed by atoms with van der Waals surface area (Å²) in [5.74, 6) is 1.46. The van der Waals surface area contributed by atoms with Gasteiger partial charge in [0.2, 0.25) is 0 Å². The van der Waals surface area contributed by atoms with Gasteiger partial charge in [-0.15, -0.1) is 6.42 Å². The van der Waals surface area contributed by atoms with Crippen LogP contribution in [0.25, 0.3) is 0 Å². The second kappa shape index (κ2) is 5.30. The van der Waals surface area contributed by atoms with Crippen molar-refractivity contribution in [3.63, 3.8) is 0 Å². The van der Waals surface area contributed by atoms with E-state index in [1.165, 1.54) is 0 Å². The summed E-state index contributed by atoms with van der Waals surface area (Å²) in [5, 5.41) is 14.5. The fourth-order valence-electron chi connectivity index (χ4n) is 2.12. The van der Waals surface area contributed by atoms with Gasteiger partial charge >= 0.3 is 12.0 Å². The van der Waals surface area contributed by atoms with E-state index in [-0.39, 0.29) is 0 Å². The van der Waals surface area contributed by atoms with Gasteiger partial charge in [0.05, 0.1) is 5.54 Å². The number of amides is 2. The molecule has 0 atom stereocenters. The van der Waals surface area contributed by atoms with Gasteiger partial charge in [-0.3, -0.25) is 0 Å². The zero-order valence-electron chi connectivity index (χ0n) is 10.9. The standard InChI is InChI=1S/C13H20N2O3/c1-4-12(2,3)14-11(18)15-13(10(16)17)8-6-5-7-9-13/h1H,5-9H2,2-3H3,(H,16,17)(H2,14,15,18). The maximum absolute atomic E-state index is 11.8. The Bertz CT molecular complexity index is 376. The van der Waals surface area contributed by atoms with Crippen molar-refractivity contribution in [2.24, 2.45) is 0 Å². The van der Waals surface area contributed by atoms with E-state index < -0.39 is 23.1 Å². The summed E-state index contributed by atoms with van der Waals surface area (Å²) in [5.41, 5.74) is -1.94. The molecule has 100 valence electrons. The Morgan fingerprint density at radius 1 is 1.28 bits per heavy atom. The molecule has 1 saturated carbocycles. The molecule has 18 heavy (non-hydrogen) atoms.